The maximum atomic E-state index is 6.88. The van der Waals surface area contributed by atoms with Crippen LogP contribution >= 0.6 is 0 Å². The number of benzene rings is 5. The van der Waals surface area contributed by atoms with Crippen molar-refractivity contribution in [2.24, 2.45) is 17.8 Å². The first kappa shape index (κ1) is 40.4. The fourth-order valence-electron chi connectivity index (χ4n) is 14.9. The molecule has 5 aromatic rings. The minimum atomic E-state index is -2.65. The number of para-hydroxylation sites is 2. The lowest BCUT2D eigenvalue weighted by Gasteiger charge is -2.54. The van der Waals surface area contributed by atoms with E-state index in [1.54, 1.807) is 0 Å². The normalized spacial score (nSPS) is 26.9. The molecule has 0 spiro atoms. The summed E-state index contributed by atoms with van der Waals surface area (Å²) in [6.07, 6.45) is 26.8. The third kappa shape index (κ3) is 5.94. The Morgan fingerprint density at radius 1 is 0.623 bits per heavy atom. The van der Waals surface area contributed by atoms with Gasteiger partial charge in [0.15, 0.2) is 0 Å². The molecule has 4 nitrogen and oxygen atoms in total. The molecule has 6 heteroatoms. The van der Waals surface area contributed by atoms with E-state index < -0.39 is 8.07 Å². The Hall–Kier alpha value is -6.50. The summed E-state index contributed by atoms with van der Waals surface area (Å²) in [6, 6.07) is 51.2. The summed E-state index contributed by atoms with van der Waals surface area (Å²) in [5.74, 6) is 3.81. The molecule has 0 aromatic heterocycles. The number of hydrogen-bond acceptors (Lipinski definition) is 4. The summed E-state index contributed by atoms with van der Waals surface area (Å²) >= 11 is 0. The predicted molar refractivity (Wildman–Crippen MR) is 285 cm³/mol. The van der Waals surface area contributed by atoms with Gasteiger partial charge in [-0.25, -0.2) is 0 Å². The molecule has 6 atom stereocenters. The Morgan fingerprint density at radius 2 is 1.26 bits per heavy atom. The molecule has 0 N–H and O–H groups in total. The number of ether oxygens (including phenoxy) is 2. The van der Waals surface area contributed by atoms with E-state index in [4.69, 9.17) is 9.47 Å². The molecule has 5 aromatic carbocycles. The summed E-state index contributed by atoms with van der Waals surface area (Å²) in [5.41, 5.74) is 18.5. The first-order valence-corrected chi connectivity index (χ1v) is 28.7. The third-order valence-corrected chi connectivity index (χ3v) is 22.5. The van der Waals surface area contributed by atoms with Gasteiger partial charge in [-0.2, -0.15) is 0 Å². The molecule has 69 heavy (non-hydrogen) atoms. The Labute approximate surface area is 408 Å². The molecule has 6 aliphatic carbocycles. The van der Waals surface area contributed by atoms with Crippen molar-refractivity contribution < 1.29 is 9.47 Å². The molecule has 10 aliphatic rings. The van der Waals surface area contributed by atoms with Gasteiger partial charge in [0.1, 0.15) is 31.8 Å². The zero-order valence-electron chi connectivity index (χ0n) is 39.5. The van der Waals surface area contributed by atoms with Crippen molar-refractivity contribution in [3.63, 3.8) is 0 Å². The van der Waals surface area contributed by atoms with E-state index >= 15 is 0 Å². The summed E-state index contributed by atoms with van der Waals surface area (Å²) < 4.78 is 13.7. The molecule has 0 saturated heterocycles. The van der Waals surface area contributed by atoms with E-state index in [2.05, 4.69) is 186 Å². The molecular formula is C63H57BN2O2Si. The van der Waals surface area contributed by atoms with Crippen LogP contribution in [0.4, 0.5) is 22.7 Å². The number of nitrogens with zero attached hydrogens (tertiary/aromatic N) is 2. The quantitative estimate of drug-likeness (QED) is 0.130. The fourth-order valence-corrected chi connectivity index (χ4v) is 18.5. The molecule has 6 unspecified atom stereocenters. The zero-order chi connectivity index (χ0) is 45.4. The van der Waals surface area contributed by atoms with E-state index in [1.165, 1.54) is 119 Å². The highest BCUT2D eigenvalue weighted by atomic mass is 28.3. The second-order valence-corrected chi connectivity index (χ2v) is 25.5. The molecule has 338 valence electrons. The molecule has 4 aliphatic heterocycles. The van der Waals surface area contributed by atoms with Crippen molar-refractivity contribution in [2.75, 3.05) is 9.80 Å². The van der Waals surface area contributed by atoms with Crippen LogP contribution in [0, 0.1) is 17.8 Å². The van der Waals surface area contributed by atoms with Gasteiger partial charge in [-0.05, 0) is 143 Å². The van der Waals surface area contributed by atoms with E-state index in [0.717, 1.165) is 44.9 Å². The van der Waals surface area contributed by atoms with Gasteiger partial charge in [0.25, 0.3) is 0 Å². The summed E-state index contributed by atoms with van der Waals surface area (Å²) in [6.45, 7) is 2.80. The second-order valence-electron chi connectivity index (χ2n) is 21.5. The van der Waals surface area contributed by atoms with Crippen molar-refractivity contribution in [1.82, 2.24) is 0 Å². The highest BCUT2D eigenvalue weighted by Gasteiger charge is 2.55. The van der Waals surface area contributed by atoms with Crippen molar-refractivity contribution in [3.05, 3.63) is 226 Å². The van der Waals surface area contributed by atoms with Crippen molar-refractivity contribution >= 4 is 58.6 Å². The highest BCUT2D eigenvalue weighted by Crippen LogP contribution is 2.59. The van der Waals surface area contributed by atoms with Gasteiger partial charge in [0.2, 0.25) is 6.71 Å². The molecular weight excluding hydrogens is 856 g/mol. The number of anilines is 4. The average molecular weight is 913 g/mol. The summed E-state index contributed by atoms with van der Waals surface area (Å²) in [5, 5.41) is 4.29. The fraction of sp³-hybridized carbons (Fsp3) is 0.270. The monoisotopic (exact) mass is 912 g/mol. The van der Waals surface area contributed by atoms with Crippen LogP contribution in [0.3, 0.4) is 0 Å². The minimum absolute atomic E-state index is 0.149. The van der Waals surface area contributed by atoms with Crippen LogP contribution in [0.2, 0.25) is 12.4 Å². The Bertz CT molecular complexity index is 3200. The van der Waals surface area contributed by atoms with Crippen molar-refractivity contribution in [3.8, 4) is 0 Å². The minimum Gasteiger partial charge on any atom is -0.490 e. The van der Waals surface area contributed by atoms with Gasteiger partial charge in [-0.15, -0.1) is 0 Å². The van der Waals surface area contributed by atoms with Crippen LogP contribution in [-0.2, 0) is 9.47 Å². The smallest absolute Gasteiger partial charge is 0.226 e. The first-order valence-electron chi connectivity index (χ1n) is 26.2. The number of rotatable bonds is 5. The maximum absolute atomic E-state index is 6.88. The molecule has 0 amide bonds. The van der Waals surface area contributed by atoms with Crippen molar-refractivity contribution in [1.29, 1.82) is 0 Å². The molecule has 4 heterocycles. The topological polar surface area (TPSA) is 24.9 Å². The zero-order valence-corrected chi connectivity index (χ0v) is 40.5. The van der Waals surface area contributed by atoms with E-state index in [9.17, 15) is 0 Å². The SMILES string of the molecule is C[Si](c1ccccc1)(c1ccccc1)c1cc2c3c(c1)N(c1ccccc1)C1=C(C=CC4CC5OC6=C(CCCC6)C5=CC14)B3C1CCC3CC4OC5=C(C=CCC5)C4=CC3=C1N2c1ccccc1. The number of allylic oxidation sites excluding steroid dienone is 11. The molecule has 0 fully saturated rings. The van der Waals surface area contributed by atoms with Crippen LogP contribution in [0.5, 0.6) is 0 Å². The highest BCUT2D eigenvalue weighted by molar-refractivity contribution is 7.10. The van der Waals surface area contributed by atoms with Crippen LogP contribution in [-0.4, -0.2) is 27.0 Å². The molecule has 0 saturated carbocycles. The first-order chi connectivity index (χ1) is 34.1. The maximum Gasteiger partial charge on any atom is 0.226 e. The average Bonchev–Trinajstić information content (AvgIpc) is 3.97. The Kier molecular flexibility index (Phi) is 9.08. The third-order valence-electron chi connectivity index (χ3n) is 18.1. The Balaban J connectivity index is 1.05. The number of hydrogen-bond donors (Lipinski definition) is 0. The van der Waals surface area contributed by atoms with Gasteiger partial charge >= 0.3 is 0 Å². The van der Waals surface area contributed by atoms with Crippen molar-refractivity contribution in [2.45, 2.75) is 88.8 Å². The van der Waals surface area contributed by atoms with E-state index in [0.29, 0.717) is 17.7 Å². The van der Waals surface area contributed by atoms with E-state index in [-0.39, 0.29) is 24.8 Å². The standard InChI is InChI=1S/C63H57BN2O2Si/c1-69(44-22-10-4-11-23-44,45-24-12-5-13-25-45)46-36-55-61-56(37-46)66(43-20-8-3-9-21-43)63-50-39-52-48-27-15-17-29-58(48)68-60(52)35-41(50)31-33-54(63)64(61)53-32-30-40-34-59-51(47-26-14-16-28-57(47)67-59)38-49(40)62(53)65(55)42-18-6-2-7-19-42/h2-14,18-26,31,33,36-41,50,53,59-60H,15-17,27-30,32,34-35H2,1H3. The summed E-state index contributed by atoms with van der Waals surface area (Å²) in [7, 11) is -2.65. The lowest BCUT2D eigenvalue weighted by atomic mass is 9.27. The lowest BCUT2D eigenvalue weighted by molar-refractivity contribution is 0.127. The number of fused-ring (bicyclic) bond motifs is 10. The van der Waals surface area contributed by atoms with E-state index in [1.807, 2.05) is 0 Å². The largest absolute Gasteiger partial charge is 0.490 e. The Morgan fingerprint density at radius 3 is 1.97 bits per heavy atom. The predicted octanol–water partition coefficient (Wildman–Crippen LogP) is 12.3. The van der Waals surface area contributed by atoms with Crippen LogP contribution < -0.4 is 30.8 Å². The van der Waals surface area contributed by atoms with Crippen LogP contribution in [0.1, 0.15) is 64.2 Å². The van der Waals surface area contributed by atoms with Gasteiger partial charge in [-0.1, -0.05) is 146 Å². The van der Waals surface area contributed by atoms with Crippen LogP contribution in [0.25, 0.3) is 0 Å². The van der Waals surface area contributed by atoms with Gasteiger partial charge in [0.05, 0.1) is 0 Å². The van der Waals surface area contributed by atoms with Gasteiger partial charge in [0, 0.05) is 64.0 Å². The summed E-state index contributed by atoms with van der Waals surface area (Å²) in [4.78, 5) is 5.54. The molecule has 0 bridgehead atoms. The second kappa shape index (κ2) is 15.5. The molecule has 0 radical (unpaired) electrons. The van der Waals surface area contributed by atoms with Gasteiger partial charge in [-0.3, -0.25) is 0 Å². The molecule has 15 rings (SSSR count). The van der Waals surface area contributed by atoms with Crippen LogP contribution in [0.15, 0.2) is 226 Å². The lowest BCUT2D eigenvalue weighted by Crippen LogP contribution is -2.65. The van der Waals surface area contributed by atoms with Gasteiger partial charge < -0.3 is 19.3 Å².